The normalized spacial score (nSPS) is 13.7. The maximum atomic E-state index is 12.7. The molecule has 0 heterocycles. The molecule has 0 aromatic heterocycles. The van der Waals surface area contributed by atoms with Crippen molar-refractivity contribution in [3.63, 3.8) is 0 Å². The number of aliphatic hydroxyl groups is 2. The van der Waals surface area contributed by atoms with Gasteiger partial charge >= 0.3 is 0 Å². The van der Waals surface area contributed by atoms with E-state index in [1.165, 1.54) is 12.1 Å². The summed E-state index contributed by atoms with van der Waals surface area (Å²) >= 11 is 0. The Morgan fingerprint density at radius 3 is 2.24 bits per heavy atom. The second-order valence-corrected chi connectivity index (χ2v) is 4.78. The topological polar surface area (TPSA) is 52.5 Å². The van der Waals surface area contributed by atoms with Crippen molar-refractivity contribution in [3.8, 4) is 0 Å². The number of halogens is 1. The Hall–Kier alpha value is -0.970. The molecule has 0 saturated carbocycles. The lowest BCUT2D eigenvalue weighted by atomic mass is 9.92. The van der Waals surface area contributed by atoms with Gasteiger partial charge in [-0.25, -0.2) is 4.39 Å². The van der Waals surface area contributed by atoms with E-state index in [4.69, 9.17) is 10.2 Å². The van der Waals surface area contributed by atoms with Crippen LogP contribution in [0.4, 0.5) is 4.39 Å². The molecular weight excluding hydrogens is 221 g/mol. The summed E-state index contributed by atoms with van der Waals surface area (Å²) in [6.07, 6.45) is 0. The third-order valence-corrected chi connectivity index (χ3v) is 2.97. The summed E-state index contributed by atoms with van der Waals surface area (Å²) in [6, 6.07) is 6.34. The van der Waals surface area contributed by atoms with E-state index in [1.54, 1.807) is 19.1 Å². The summed E-state index contributed by atoms with van der Waals surface area (Å²) in [4.78, 5) is 0. The van der Waals surface area contributed by atoms with Crippen LogP contribution in [0, 0.1) is 11.2 Å². The molecule has 0 spiro atoms. The molecule has 0 radical (unpaired) electrons. The van der Waals surface area contributed by atoms with Crippen molar-refractivity contribution < 1.29 is 14.6 Å². The summed E-state index contributed by atoms with van der Waals surface area (Å²) in [5, 5.41) is 21.5. The highest BCUT2D eigenvalue weighted by Gasteiger charge is 2.22. The van der Waals surface area contributed by atoms with E-state index in [2.05, 4.69) is 5.32 Å². The molecule has 3 N–H and O–H groups in total. The Morgan fingerprint density at radius 2 is 1.76 bits per heavy atom. The third kappa shape index (κ3) is 4.07. The van der Waals surface area contributed by atoms with Gasteiger partial charge in [-0.3, -0.25) is 0 Å². The lowest BCUT2D eigenvalue weighted by Crippen LogP contribution is -2.38. The van der Waals surface area contributed by atoms with Gasteiger partial charge in [-0.1, -0.05) is 19.1 Å². The molecule has 0 unspecified atom stereocenters. The minimum Gasteiger partial charge on any atom is -0.396 e. The molecule has 1 atom stereocenters. The van der Waals surface area contributed by atoms with Crippen LogP contribution in [0.3, 0.4) is 0 Å². The highest BCUT2D eigenvalue weighted by Crippen LogP contribution is 2.17. The summed E-state index contributed by atoms with van der Waals surface area (Å²) in [5.74, 6) is -0.253. The first kappa shape index (κ1) is 14.1. The van der Waals surface area contributed by atoms with Crippen LogP contribution < -0.4 is 5.32 Å². The van der Waals surface area contributed by atoms with Gasteiger partial charge in [0.25, 0.3) is 0 Å². The Morgan fingerprint density at radius 1 is 1.24 bits per heavy atom. The van der Waals surface area contributed by atoms with E-state index in [-0.39, 0.29) is 25.1 Å². The van der Waals surface area contributed by atoms with Crippen LogP contribution in [0.15, 0.2) is 24.3 Å². The molecule has 0 aliphatic rings. The van der Waals surface area contributed by atoms with E-state index in [0.29, 0.717) is 6.54 Å². The van der Waals surface area contributed by atoms with Crippen LogP contribution in [0.5, 0.6) is 0 Å². The fourth-order valence-electron chi connectivity index (χ4n) is 1.43. The largest absolute Gasteiger partial charge is 0.396 e. The minimum atomic E-state index is -0.533. The van der Waals surface area contributed by atoms with Crippen LogP contribution in [-0.4, -0.2) is 30.0 Å². The van der Waals surface area contributed by atoms with E-state index >= 15 is 0 Å². The Balaban J connectivity index is 2.55. The molecule has 1 aromatic carbocycles. The molecule has 96 valence electrons. The molecular formula is C13H20FNO2. The summed E-state index contributed by atoms with van der Waals surface area (Å²) in [6.45, 7) is 4.11. The fraction of sp³-hybridized carbons (Fsp3) is 0.538. The third-order valence-electron chi connectivity index (χ3n) is 2.97. The predicted molar refractivity (Wildman–Crippen MR) is 65.1 cm³/mol. The fourth-order valence-corrected chi connectivity index (χ4v) is 1.43. The molecule has 0 amide bonds. The molecule has 1 rings (SSSR count). The van der Waals surface area contributed by atoms with Gasteiger partial charge in [0.15, 0.2) is 0 Å². The van der Waals surface area contributed by atoms with Crippen LogP contribution in [0.25, 0.3) is 0 Å². The molecule has 0 fully saturated rings. The summed E-state index contributed by atoms with van der Waals surface area (Å²) in [7, 11) is 0. The Labute approximate surface area is 101 Å². The molecule has 0 aliphatic heterocycles. The minimum absolute atomic E-state index is 0.0491. The van der Waals surface area contributed by atoms with Crippen molar-refractivity contribution in [2.24, 2.45) is 5.41 Å². The summed E-state index contributed by atoms with van der Waals surface area (Å²) in [5.41, 5.74) is 0.443. The number of hydrogen-bond donors (Lipinski definition) is 3. The quantitative estimate of drug-likeness (QED) is 0.707. The first-order valence-electron chi connectivity index (χ1n) is 5.71. The zero-order valence-electron chi connectivity index (χ0n) is 10.3. The van der Waals surface area contributed by atoms with E-state index in [0.717, 1.165) is 5.56 Å². The van der Waals surface area contributed by atoms with Crippen LogP contribution in [0.2, 0.25) is 0 Å². The van der Waals surface area contributed by atoms with Gasteiger partial charge in [-0.05, 0) is 24.6 Å². The first-order chi connectivity index (χ1) is 8.00. The van der Waals surface area contributed by atoms with Crippen molar-refractivity contribution in [1.29, 1.82) is 0 Å². The van der Waals surface area contributed by atoms with Crippen molar-refractivity contribution >= 4 is 0 Å². The first-order valence-corrected chi connectivity index (χ1v) is 5.71. The van der Waals surface area contributed by atoms with Crippen LogP contribution >= 0.6 is 0 Å². The number of benzene rings is 1. The van der Waals surface area contributed by atoms with Crippen molar-refractivity contribution in [2.45, 2.75) is 19.9 Å². The average molecular weight is 241 g/mol. The van der Waals surface area contributed by atoms with Crippen LogP contribution in [-0.2, 0) is 0 Å². The smallest absolute Gasteiger partial charge is 0.123 e. The standard InChI is InChI=1S/C13H20FNO2/c1-10(11-3-5-12(14)6-4-11)15-7-13(2,8-16)9-17/h3-6,10,15-17H,7-9H2,1-2H3/t10-/m0/s1. The zero-order chi connectivity index (χ0) is 12.9. The number of hydrogen-bond acceptors (Lipinski definition) is 3. The van der Waals surface area contributed by atoms with E-state index in [9.17, 15) is 4.39 Å². The number of aliphatic hydroxyl groups excluding tert-OH is 2. The zero-order valence-corrected chi connectivity index (χ0v) is 10.3. The monoisotopic (exact) mass is 241 g/mol. The summed E-state index contributed by atoms with van der Waals surface area (Å²) < 4.78 is 12.7. The van der Waals surface area contributed by atoms with Gasteiger partial charge in [0, 0.05) is 18.0 Å². The van der Waals surface area contributed by atoms with Gasteiger partial charge in [-0.2, -0.15) is 0 Å². The maximum absolute atomic E-state index is 12.7. The lowest BCUT2D eigenvalue weighted by Gasteiger charge is -2.27. The molecule has 4 heteroatoms. The second kappa shape index (κ2) is 6.10. The Kier molecular flexibility index (Phi) is 5.05. The maximum Gasteiger partial charge on any atom is 0.123 e. The van der Waals surface area contributed by atoms with Gasteiger partial charge < -0.3 is 15.5 Å². The molecule has 0 bridgehead atoms. The molecule has 17 heavy (non-hydrogen) atoms. The van der Waals surface area contributed by atoms with Gasteiger partial charge in [0.05, 0.1) is 13.2 Å². The van der Waals surface area contributed by atoms with Gasteiger partial charge in [-0.15, -0.1) is 0 Å². The van der Waals surface area contributed by atoms with E-state index < -0.39 is 5.41 Å². The number of nitrogens with one attached hydrogen (secondary N) is 1. The lowest BCUT2D eigenvalue weighted by molar-refractivity contribution is 0.0677. The molecule has 0 aliphatic carbocycles. The van der Waals surface area contributed by atoms with Crippen LogP contribution in [0.1, 0.15) is 25.5 Å². The molecule has 1 aromatic rings. The van der Waals surface area contributed by atoms with Crippen molar-refractivity contribution in [1.82, 2.24) is 5.32 Å². The number of rotatable bonds is 6. The highest BCUT2D eigenvalue weighted by molar-refractivity contribution is 5.19. The van der Waals surface area contributed by atoms with E-state index in [1.807, 2.05) is 6.92 Å². The van der Waals surface area contributed by atoms with Gasteiger partial charge in [0.2, 0.25) is 0 Å². The molecule has 3 nitrogen and oxygen atoms in total. The van der Waals surface area contributed by atoms with Gasteiger partial charge in [0.1, 0.15) is 5.82 Å². The SMILES string of the molecule is C[C@H](NCC(C)(CO)CO)c1ccc(F)cc1. The second-order valence-electron chi connectivity index (χ2n) is 4.78. The van der Waals surface area contributed by atoms with Crippen molar-refractivity contribution in [2.75, 3.05) is 19.8 Å². The highest BCUT2D eigenvalue weighted by atomic mass is 19.1. The predicted octanol–water partition coefficient (Wildman–Crippen LogP) is 1.47. The molecule has 0 saturated heterocycles. The average Bonchev–Trinajstić information content (AvgIpc) is 2.36. The Bertz CT molecular complexity index is 336. The van der Waals surface area contributed by atoms with Crippen molar-refractivity contribution in [3.05, 3.63) is 35.6 Å².